The van der Waals surface area contributed by atoms with Crippen LogP contribution in [0.25, 0.3) is 5.52 Å². The molecule has 0 amide bonds. The van der Waals surface area contributed by atoms with Gasteiger partial charge in [0.1, 0.15) is 5.52 Å². The molecule has 0 N–H and O–H groups in total. The number of halogens is 1. The summed E-state index contributed by atoms with van der Waals surface area (Å²) < 4.78 is 4.40. The van der Waals surface area contributed by atoms with Crippen LogP contribution in [0.15, 0.2) is 39.2 Å². The fourth-order valence-corrected chi connectivity index (χ4v) is 3.36. The van der Waals surface area contributed by atoms with Gasteiger partial charge in [0.05, 0.1) is 16.0 Å². The van der Waals surface area contributed by atoms with Gasteiger partial charge in [-0.3, -0.25) is 4.79 Å². The highest BCUT2D eigenvalue weighted by Gasteiger charge is 2.06. The van der Waals surface area contributed by atoms with Crippen molar-refractivity contribution >= 4 is 32.8 Å². The second kappa shape index (κ2) is 4.37. The lowest BCUT2D eigenvalue weighted by atomic mass is 10.4. The van der Waals surface area contributed by atoms with Crippen molar-refractivity contribution in [3.05, 3.63) is 55.3 Å². The van der Waals surface area contributed by atoms with E-state index in [4.69, 9.17) is 0 Å². The predicted molar refractivity (Wildman–Crippen MR) is 75.3 cm³/mol. The lowest BCUT2D eigenvalue weighted by Crippen LogP contribution is -2.21. The number of thiophene rings is 1. The summed E-state index contributed by atoms with van der Waals surface area (Å²) in [5.41, 5.74) is 1.46. The molecule has 3 heterocycles. The standard InChI is InChI=1S/C12H10BrN3OS/c1-8-6-10-12(17)15(4-5-16(10)14-8)7-9-2-3-11(13)18-9/h2-6H,7H2,1H3. The molecule has 0 fully saturated rings. The topological polar surface area (TPSA) is 39.3 Å². The first-order valence-corrected chi connectivity index (χ1v) is 7.04. The minimum atomic E-state index is -0.0115. The molecular weight excluding hydrogens is 314 g/mol. The normalized spacial score (nSPS) is 11.2. The van der Waals surface area contributed by atoms with Crippen molar-refractivity contribution in [1.29, 1.82) is 0 Å². The minimum Gasteiger partial charge on any atom is -0.307 e. The number of rotatable bonds is 2. The molecule has 3 aromatic heterocycles. The smallest absolute Gasteiger partial charge is 0.276 e. The monoisotopic (exact) mass is 323 g/mol. The Morgan fingerprint density at radius 3 is 2.94 bits per heavy atom. The third kappa shape index (κ3) is 2.02. The number of hydrogen-bond acceptors (Lipinski definition) is 3. The molecule has 3 rings (SSSR count). The lowest BCUT2D eigenvalue weighted by Gasteiger charge is -2.03. The first-order chi connectivity index (χ1) is 8.63. The molecule has 4 nitrogen and oxygen atoms in total. The SMILES string of the molecule is Cc1cc2c(=O)n(Cc3ccc(Br)s3)ccn2n1. The minimum absolute atomic E-state index is 0.0115. The summed E-state index contributed by atoms with van der Waals surface area (Å²) in [6.07, 6.45) is 3.59. The van der Waals surface area contributed by atoms with E-state index >= 15 is 0 Å². The lowest BCUT2D eigenvalue weighted by molar-refractivity contribution is 0.750. The molecule has 6 heteroatoms. The molecule has 0 radical (unpaired) electrons. The van der Waals surface area contributed by atoms with Gasteiger partial charge in [0.25, 0.3) is 5.56 Å². The fraction of sp³-hybridized carbons (Fsp3) is 0.167. The number of nitrogens with zero attached hydrogens (tertiary/aromatic N) is 3. The van der Waals surface area contributed by atoms with E-state index in [2.05, 4.69) is 21.0 Å². The highest BCUT2D eigenvalue weighted by molar-refractivity contribution is 9.11. The van der Waals surface area contributed by atoms with Crippen LogP contribution in [-0.4, -0.2) is 14.2 Å². The van der Waals surface area contributed by atoms with Crippen LogP contribution < -0.4 is 5.56 Å². The van der Waals surface area contributed by atoms with Crippen molar-refractivity contribution in [2.75, 3.05) is 0 Å². The summed E-state index contributed by atoms with van der Waals surface area (Å²) in [5.74, 6) is 0. The van der Waals surface area contributed by atoms with Crippen LogP contribution in [-0.2, 0) is 6.54 Å². The van der Waals surface area contributed by atoms with Crippen molar-refractivity contribution < 1.29 is 0 Å². The van der Waals surface area contributed by atoms with Gasteiger partial charge in [-0.2, -0.15) is 5.10 Å². The summed E-state index contributed by atoms with van der Waals surface area (Å²) in [6, 6.07) is 5.82. The van der Waals surface area contributed by atoms with E-state index in [9.17, 15) is 4.79 Å². The summed E-state index contributed by atoms with van der Waals surface area (Å²) >= 11 is 5.06. The summed E-state index contributed by atoms with van der Waals surface area (Å²) in [5, 5.41) is 4.22. The molecule has 0 bridgehead atoms. The molecule has 3 aromatic rings. The van der Waals surface area contributed by atoms with E-state index < -0.39 is 0 Å². The quantitative estimate of drug-likeness (QED) is 0.727. The molecule has 0 saturated heterocycles. The number of aromatic nitrogens is 3. The van der Waals surface area contributed by atoms with Crippen molar-refractivity contribution in [3.63, 3.8) is 0 Å². The van der Waals surface area contributed by atoms with Gasteiger partial charge in [-0.25, -0.2) is 4.52 Å². The maximum absolute atomic E-state index is 12.2. The molecular formula is C12H10BrN3OS. The first-order valence-electron chi connectivity index (χ1n) is 5.43. The summed E-state index contributed by atoms with van der Waals surface area (Å²) in [4.78, 5) is 13.4. The first kappa shape index (κ1) is 11.7. The highest BCUT2D eigenvalue weighted by atomic mass is 79.9. The molecule has 0 aliphatic rings. The van der Waals surface area contributed by atoms with Gasteiger partial charge in [-0.15, -0.1) is 11.3 Å². The van der Waals surface area contributed by atoms with Gasteiger partial charge in [0.2, 0.25) is 0 Å². The zero-order valence-electron chi connectivity index (χ0n) is 9.63. The highest BCUT2D eigenvalue weighted by Crippen LogP contribution is 2.22. The Balaban J connectivity index is 2.07. The van der Waals surface area contributed by atoms with E-state index in [1.54, 1.807) is 26.6 Å². The van der Waals surface area contributed by atoms with Crippen molar-refractivity contribution in [2.45, 2.75) is 13.5 Å². The van der Waals surface area contributed by atoms with Gasteiger partial charge < -0.3 is 4.57 Å². The van der Waals surface area contributed by atoms with E-state index in [0.717, 1.165) is 14.4 Å². The van der Waals surface area contributed by atoms with E-state index in [1.165, 1.54) is 0 Å². The number of fused-ring (bicyclic) bond motifs is 1. The molecule has 0 aliphatic carbocycles. The second-order valence-corrected chi connectivity index (χ2v) is 6.60. The van der Waals surface area contributed by atoms with Crippen molar-refractivity contribution in [3.8, 4) is 0 Å². The summed E-state index contributed by atoms with van der Waals surface area (Å²) in [6.45, 7) is 2.48. The van der Waals surface area contributed by atoms with Gasteiger partial charge in [0, 0.05) is 17.3 Å². The van der Waals surface area contributed by atoms with Gasteiger partial charge in [-0.1, -0.05) is 0 Å². The molecule has 0 unspecified atom stereocenters. The van der Waals surface area contributed by atoms with Crippen molar-refractivity contribution in [2.24, 2.45) is 0 Å². The number of hydrogen-bond donors (Lipinski definition) is 0. The maximum Gasteiger partial charge on any atom is 0.276 e. The van der Waals surface area contributed by atoms with Crippen LogP contribution in [0.2, 0.25) is 0 Å². The fourth-order valence-electron chi connectivity index (χ4n) is 1.88. The van der Waals surface area contributed by atoms with Crippen LogP contribution in [0, 0.1) is 6.92 Å². The molecule has 0 aromatic carbocycles. The molecule has 0 atom stereocenters. The largest absolute Gasteiger partial charge is 0.307 e. The third-order valence-corrected chi connectivity index (χ3v) is 4.29. The molecule has 0 aliphatic heterocycles. The van der Waals surface area contributed by atoms with Crippen LogP contribution in [0.3, 0.4) is 0 Å². The Hall–Kier alpha value is -1.40. The van der Waals surface area contributed by atoms with Crippen LogP contribution in [0.5, 0.6) is 0 Å². The molecule has 0 saturated carbocycles. The average Bonchev–Trinajstić information content (AvgIpc) is 2.89. The molecule has 92 valence electrons. The Bertz CT molecular complexity index is 771. The van der Waals surface area contributed by atoms with Gasteiger partial charge in [-0.05, 0) is 41.1 Å². The Labute approximate surface area is 116 Å². The summed E-state index contributed by atoms with van der Waals surface area (Å²) in [7, 11) is 0. The van der Waals surface area contributed by atoms with Crippen LogP contribution >= 0.6 is 27.3 Å². The van der Waals surface area contributed by atoms with Crippen molar-refractivity contribution in [1.82, 2.24) is 14.2 Å². The van der Waals surface area contributed by atoms with Crippen LogP contribution in [0.1, 0.15) is 10.6 Å². The van der Waals surface area contributed by atoms with E-state index in [0.29, 0.717) is 12.1 Å². The second-order valence-electron chi connectivity index (χ2n) is 4.05. The molecule has 0 spiro atoms. The molecule has 18 heavy (non-hydrogen) atoms. The Morgan fingerprint density at radius 1 is 1.39 bits per heavy atom. The van der Waals surface area contributed by atoms with Gasteiger partial charge >= 0.3 is 0 Å². The Kier molecular flexibility index (Phi) is 2.83. The zero-order valence-corrected chi connectivity index (χ0v) is 12.0. The average molecular weight is 324 g/mol. The number of aryl methyl sites for hydroxylation is 1. The third-order valence-electron chi connectivity index (χ3n) is 2.68. The Morgan fingerprint density at radius 2 is 2.22 bits per heavy atom. The predicted octanol–water partition coefficient (Wildman–Crippen LogP) is 2.68. The zero-order chi connectivity index (χ0) is 12.7. The van der Waals surface area contributed by atoms with E-state index in [-0.39, 0.29) is 5.56 Å². The maximum atomic E-state index is 12.2. The van der Waals surface area contributed by atoms with Crippen LogP contribution in [0.4, 0.5) is 0 Å². The van der Waals surface area contributed by atoms with Gasteiger partial charge in [0.15, 0.2) is 0 Å². The van der Waals surface area contributed by atoms with E-state index in [1.807, 2.05) is 31.3 Å².